The first-order chi connectivity index (χ1) is 13.1. The Kier molecular flexibility index (Phi) is 4.09. The van der Waals surface area contributed by atoms with E-state index in [1.54, 1.807) is 35.6 Å². The fourth-order valence-electron chi connectivity index (χ4n) is 2.90. The zero-order valence-electron chi connectivity index (χ0n) is 14.0. The molecular weight excluding hydrogens is 362 g/mol. The lowest BCUT2D eigenvalue weighted by Crippen LogP contribution is -2.15. The van der Waals surface area contributed by atoms with Crippen LogP contribution in [0.25, 0.3) is 21.0 Å². The van der Waals surface area contributed by atoms with E-state index in [1.807, 2.05) is 29.6 Å². The number of anilines is 2. The topological polar surface area (TPSA) is 127 Å². The molecule has 8 heteroatoms. The normalized spacial score (nSPS) is 11.8. The van der Waals surface area contributed by atoms with Crippen molar-refractivity contribution in [2.75, 3.05) is 5.32 Å². The van der Waals surface area contributed by atoms with Crippen LogP contribution in [0.4, 0.5) is 11.5 Å². The Hall–Kier alpha value is -3.65. The van der Waals surface area contributed by atoms with Gasteiger partial charge in [0.25, 0.3) is 0 Å². The molecule has 0 bridgehead atoms. The van der Waals surface area contributed by atoms with E-state index in [0.29, 0.717) is 17.1 Å². The molecule has 0 atom stereocenters. The maximum atomic E-state index is 11.2. The third-order valence-corrected chi connectivity index (χ3v) is 5.15. The molecule has 2 aromatic heterocycles. The van der Waals surface area contributed by atoms with Crippen molar-refractivity contribution in [3.05, 3.63) is 65.0 Å². The van der Waals surface area contributed by atoms with Gasteiger partial charge >= 0.3 is 5.97 Å². The van der Waals surface area contributed by atoms with Crippen LogP contribution < -0.4 is 16.9 Å². The van der Waals surface area contributed by atoms with E-state index in [0.717, 1.165) is 21.0 Å². The number of aromatic nitrogens is 1. The van der Waals surface area contributed by atoms with Gasteiger partial charge in [0.2, 0.25) is 0 Å². The first kappa shape index (κ1) is 16.8. The fourth-order valence-corrected chi connectivity index (χ4v) is 3.83. The smallest absolute Gasteiger partial charge is 0.335 e. The number of carbonyl (C=O) groups is 1. The predicted octanol–water partition coefficient (Wildman–Crippen LogP) is 3.47. The second-order valence-electron chi connectivity index (χ2n) is 5.88. The highest BCUT2D eigenvalue weighted by Crippen LogP contribution is 2.35. The number of hydrogen-bond acceptors (Lipinski definition) is 6. The number of amidine groups is 1. The summed E-state index contributed by atoms with van der Waals surface area (Å²) < 4.78 is 1.08. The highest BCUT2D eigenvalue weighted by atomic mass is 32.1. The lowest BCUT2D eigenvalue weighted by molar-refractivity contribution is 0.0697. The molecule has 0 aliphatic rings. The molecule has 0 unspecified atom stereocenters. The van der Waals surface area contributed by atoms with Gasteiger partial charge in [0, 0.05) is 26.7 Å². The minimum atomic E-state index is -0.980. The lowest BCUT2D eigenvalue weighted by atomic mass is 10.1. The van der Waals surface area contributed by atoms with Crippen molar-refractivity contribution in [2.24, 2.45) is 16.7 Å². The number of hydrogen-bond donors (Lipinski definition) is 4. The second-order valence-corrected chi connectivity index (χ2v) is 6.80. The van der Waals surface area contributed by atoms with Crippen LogP contribution in [0.3, 0.4) is 0 Å². The van der Waals surface area contributed by atoms with Crippen LogP contribution in [0, 0.1) is 0 Å². The zero-order valence-corrected chi connectivity index (χ0v) is 14.8. The summed E-state index contributed by atoms with van der Waals surface area (Å²) in [7, 11) is 0. The quantitative estimate of drug-likeness (QED) is 0.187. The largest absolute Gasteiger partial charge is 0.478 e. The summed E-state index contributed by atoms with van der Waals surface area (Å²) in [6.07, 6.45) is 0. The molecule has 0 radical (unpaired) electrons. The number of thiophene rings is 1. The predicted molar refractivity (Wildman–Crippen MR) is 109 cm³/mol. The monoisotopic (exact) mass is 377 g/mol. The molecule has 0 fully saturated rings. The van der Waals surface area contributed by atoms with Gasteiger partial charge in [-0.2, -0.15) is 5.10 Å². The van der Waals surface area contributed by atoms with Crippen molar-refractivity contribution in [1.29, 1.82) is 0 Å². The van der Waals surface area contributed by atoms with E-state index in [1.165, 1.54) is 0 Å². The first-order valence-corrected chi connectivity index (χ1v) is 8.90. The van der Waals surface area contributed by atoms with Gasteiger partial charge in [0.05, 0.1) is 11.1 Å². The number of nitrogens with one attached hydrogen (secondary N) is 1. The number of aromatic carboxylic acids is 1. The van der Waals surface area contributed by atoms with Crippen molar-refractivity contribution in [3.8, 4) is 0 Å². The summed E-state index contributed by atoms with van der Waals surface area (Å²) in [5.74, 6) is 5.17. The molecule has 0 amide bonds. The maximum Gasteiger partial charge on any atom is 0.335 e. The molecule has 0 aliphatic heterocycles. The van der Waals surface area contributed by atoms with Gasteiger partial charge < -0.3 is 22.0 Å². The molecule has 134 valence electrons. The molecule has 6 N–H and O–H groups in total. The molecule has 4 aromatic rings. The van der Waals surface area contributed by atoms with Gasteiger partial charge in [-0.3, -0.25) is 0 Å². The maximum absolute atomic E-state index is 11.2. The highest BCUT2D eigenvalue weighted by Gasteiger charge is 2.12. The van der Waals surface area contributed by atoms with Crippen LogP contribution >= 0.6 is 11.3 Å². The number of nitrogens with two attached hydrogens (primary N) is 2. The third-order valence-electron chi connectivity index (χ3n) is 4.20. The van der Waals surface area contributed by atoms with Crippen molar-refractivity contribution >= 4 is 55.6 Å². The van der Waals surface area contributed by atoms with Gasteiger partial charge in [-0.1, -0.05) is 18.2 Å². The molecular formula is C19H15N5O2S. The molecule has 0 saturated heterocycles. The van der Waals surface area contributed by atoms with E-state index in [-0.39, 0.29) is 11.4 Å². The van der Waals surface area contributed by atoms with Crippen molar-refractivity contribution < 1.29 is 9.90 Å². The Labute approximate surface area is 157 Å². The molecule has 0 aliphatic carbocycles. The Balaban J connectivity index is 1.87. The highest BCUT2D eigenvalue weighted by molar-refractivity contribution is 7.18. The van der Waals surface area contributed by atoms with Crippen molar-refractivity contribution in [1.82, 2.24) is 4.98 Å². The molecule has 2 heterocycles. The number of nitrogens with zero attached hydrogens (tertiary/aromatic N) is 2. The Bertz CT molecular complexity index is 1220. The number of rotatable bonds is 4. The summed E-state index contributed by atoms with van der Waals surface area (Å²) in [5.41, 5.74) is 8.09. The van der Waals surface area contributed by atoms with E-state index in [4.69, 9.17) is 16.6 Å². The van der Waals surface area contributed by atoms with E-state index >= 15 is 0 Å². The molecule has 0 saturated carbocycles. The summed E-state index contributed by atoms with van der Waals surface area (Å²) >= 11 is 1.61. The average Bonchev–Trinajstić information content (AvgIpc) is 3.17. The van der Waals surface area contributed by atoms with Crippen molar-refractivity contribution in [2.45, 2.75) is 0 Å². The second kappa shape index (κ2) is 6.58. The van der Waals surface area contributed by atoms with E-state index < -0.39 is 5.97 Å². The zero-order chi connectivity index (χ0) is 19.0. The van der Waals surface area contributed by atoms with Crippen molar-refractivity contribution in [3.63, 3.8) is 0 Å². The number of hydrazone groups is 1. The number of pyridine rings is 1. The Morgan fingerprint density at radius 3 is 2.74 bits per heavy atom. The summed E-state index contributed by atoms with van der Waals surface area (Å²) in [5, 5.41) is 19.9. The third kappa shape index (κ3) is 3.02. The van der Waals surface area contributed by atoms with Crippen LogP contribution in [0.5, 0.6) is 0 Å². The van der Waals surface area contributed by atoms with Gasteiger partial charge in [0.1, 0.15) is 11.7 Å². The van der Waals surface area contributed by atoms with Crippen LogP contribution in [0.1, 0.15) is 15.9 Å². The molecule has 0 spiro atoms. The molecule has 4 rings (SSSR count). The number of benzene rings is 2. The average molecular weight is 377 g/mol. The fraction of sp³-hybridized carbons (Fsp3) is 0. The summed E-state index contributed by atoms with van der Waals surface area (Å²) in [4.78, 5) is 15.9. The number of fused-ring (bicyclic) bond motifs is 3. The van der Waals surface area contributed by atoms with Crippen LogP contribution in [-0.2, 0) is 0 Å². The standard InChI is InChI=1S/C19H15N5O2S/c20-17(24-21)10-4-5-13-15(9-10)23-18(14-6-7-27-16(13)14)22-12-3-1-2-11(8-12)19(25)26/h1-9H,21H2,(H2,20,24)(H,22,23)(H,25,26). The van der Waals surface area contributed by atoms with Gasteiger partial charge in [0.15, 0.2) is 0 Å². The number of carboxylic acid groups (broad SMARTS) is 1. The minimum Gasteiger partial charge on any atom is -0.478 e. The molecule has 7 nitrogen and oxygen atoms in total. The summed E-state index contributed by atoms with van der Waals surface area (Å²) in [6.45, 7) is 0. The van der Waals surface area contributed by atoms with Gasteiger partial charge in [-0.05, 0) is 35.7 Å². The van der Waals surface area contributed by atoms with E-state index in [9.17, 15) is 9.90 Å². The van der Waals surface area contributed by atoms with Gasteiger partial charge in [-0.15, -0.1) is 11.3 Å². The Morgan fingerprint density at radius 2 is 1.96 bits per heavy atom. The Morgan fingerprint density at radius 1 is 1.11 bits per heavy atom. The van der Waals surface area contributed by atoms with E-state index in [2.05, 4.69) is 10.4 Å². The van der Waals surface area contributed by atoms with Crippen LogP contribution in [0.15, 0.2) is 59.0 Å². The first-order valence-electron chi connectivity index (χ1n) is 8.02. The lowest BCUT2D eigenvalue weighted by Gasteiger charge is -2.11. The number of carboxylic acids is 1. The van der Waals surface area contributed by atoms with Crippen LogP contribution in [-0.4, -0.2) is 21.9 Å². The SMILES string of the molecule is N/N=C(\N)c1ccc2c(c1)nc(Nc1cccc(C(=O)O)c1)c1ccsc12. The summed E-state index contributed by atoms with van der Waals surface area (Å²) in [6, 6.07) is 14.2. The van der Waals surface area contributed by atoms with Crippen LogP contribution in [0.2, 0.25) is 0 Å². The van der Waals surface area contributed by atoms with Gasteiger partial charge in [-0.25, -0.2) is 9.78 Å². The molecule has 2 aromatic carbocycles. The molecule has 27 heavy (non-hydrogen) atoms. The minimum absolute atomic E-state index is 0.205.